The zero-order valence-electron chi connectivity index (χ0n) is 12.2. The van der Waals surface area contributed by atoms with Gasteiger partial charge in [0, 0.05) is 28.4 Å². The molecule has 0 aliphatic heterocycles. The lowest BCUT2D eigenvalue weighted by atomic mass is 10.1. The van der Waals surface area contributed by atoms with E-state index in [1.165, 1.54) is 6.08 Å². The Morgan fingerprint density at radius 3 is 2.68 bits per heavy atom. The number of hydrogen-bond acceptors (Lipinski definition) is 4. The van der Waals surface area contributed by atoms with Crippen LogP contribution in [-0.2, 0) is 4.79 Å². The summed E-state index contributed by atoms with van der Waals surface area (Å²) in [4.78, 5) is 16.0. The molecule has 0 saturated heterocycles. The van der Waals surface area contributed by atoms with Gasteiger partial charge in [-0.05, 0) is 46.3 Å². The molecule has 1 aromatic carbocycles. The second-order valence-corrected chi connectivity index (χ2v) is 5.21. The Bertz CT molecular complexity index is 684. The molecule has 0 aliphatic rings. The number of nitrogens with zero attached hydrogens (tertiary/aromatic N) is 1. The van der Waals surface area contributed by atoms with Gasteiger partial charge in [0.25, 0.3) is 0 Å². The highest BCUT2D eigenvalue weighted by Gasteiger charge is 2.03. The molecule has 22 heavy (non-hydrogen) atoms. The Morgan fingerprint density at radius 1 is 1.23 bits per heavy atom. The van der Waals surface area contributed by atoms with E-state index in [0.29, 0.717) is 17.3 Å². The summed E-state index contributed by atoms with van der Waals surface area (Å²) in [5, 5.41) is 2.68. The molecular weight excluding hydrogens is 348 g/mol. The summed E-state index contributed by atoms with van der Waals surface area (Å²) in [7, 11) is 3.15. The Hall–Kier alpha value is -2.34. The van der Waals surface area contributed by atoms with Crippen molar-refractivity contribution >= 4 is 33.7 Å². The van der Waals surface area contributed by atoms with Gasteiger partial charge in [0.1, 0.15) is 17.3 Å². The molecule has 1 aromatic heterocycles. The third-order valence-corrected chi connectivity index (χ3v) is 3.30. The molecule has 2 aromatic rings. The lowest BCUT2D eigenvalue weighted by Crippen LogP contribution is -2.08. The van der Waals surface area contributed by atoms with Crippen LogP contribution in [0.15, 0.2) is 47.1 Å². The van der Waals surface area contributed by atoms with Crippen LogP contribution in [0.1, 0.15) is 5.56 Å². The summed E-state index contributed by atoms with van der Waals surface area (Å²) in [6.45, 7) is 0. The Balaban J connectivity index is 2.07. The first-order valence-electron chi connectivity index (χ1n) is 6.45. The maximum Gasteiger partial charge on any atom is 0.249 e. The van der Waals surface area contributed by atoms with E-state index in [2.05, 4.69) is 26.2 Å². The van der Waals surface area contributed by atoms with Crippen molar-refractivity contribution in [3.8, 4) is 11.5 Å². The Morgan fingerprint density at radius 2 is 2.05 bits per heavy atom. The van der Waals surface area contributed by atoms with E-state index in [1.807, 2.05) is 6.07 Å². The van der Waals surface area contributed by atoms with Crippen LogP contribution in [0.4, 0.5) is 5.82 Å². The van der Waals surface area contributed by atoms with Crippen molar-refractivity contribution < 1.29 is 14.3 Å². The Labute approximate surface area is 137 Å². The van der Waals surface area contributed by atoms with Gasteiger partial charge in [0.15, 0.2) is 0 Å². The highest BCUT2D eigenvalue weighted by Crippen LogP contribution is 2.25. The number of halogens is 1. The van der Waals surface area contributed by atoms with Gasteiger partial charge in [0.05, 0.1) is 14.2 Å². The molecule has 0 unspecified atom stereocenters. The maximum atomic E-state index is 11.9. The number of nitrogens with one attached hydrogen (secondary N) is 1. The number of methoxy groups -OCH3 is 2. The predicted octanol–water partition coefficient (Wildman–Crippen LogP) is 3.51. The van der Waals surface area contributed by atoms with E-state index >= 15 is 0 Å². The fraction of sp³-hybridized carbons (Fsp3) is 0.125. The molecular formula is C16H15BrN2O3. The van der Waals surface area contributed by atoms with Gasteiger partial charge >= 0.3 is 0 Å². The molecule has 1 amide bonds. The standard InChI is InChI=1S/C16H15BrN2O3/c1-21-13-6-3-11(14(9-13)22-2)4-8-16(20)19-15-7-5-12(17)10-18-15/h3-10H,1-2H3,(H,18,19,20)/b8-4+. The first-order chi connectivity index (χ1) is 10.6. The molecule has 5 nitrogen and oxygen atoms in total. The van der Waals surface area contributed by atoms with Crippen LogP contribution in [-0.4, -0.2) is 25.1 Å². The van der Waals surface area contributed by atoms with Gasteiger partial charge in [-0.2, -0.15) is 0 Å². The lowest BCUT2D eigenvalue weighted by Gasteiger charge is -2.07. The number of rotatable bonds is 5. The Kier molecular flexibility index (Phi) is 5.55. The van der Waals surface area contributed by atoms with Gasteiger partial charge in [-0.15, -0.1) is 0 Å². The summed E-state index contributed by atoms with van der Waals surface area (Å²) < 4.78 is 11.3. The zero-order valence-corrected chi connectivity index (χ0v) is 13.8. The van der Waals surface area contributed by atoms with Gasteiger partial charge in [-0.25, -0.2) is 4.98 Å². The normalized spacial score (nSPS) is 10.5. The summed E-state index contributed by atoms with van der Waals surface area (Å²) >= 11 is 3.29. The van der Waals surface area contributed by atoms with Crippen molar-refractivity contribution in [3.63, 3.8) is 0 Å². The van der Waals surface area contributed by atoms with E-state index in [9.17, 15) is 4.79 Å². The van der Waals surface area contributed by atoms with Crippen molar-refractivity contribution in [2.75, 3.05) is 19.5 Å². The number of carbonyl (C=O) groups excluding carboxylic acids is 1. The van der Waals surface area contributed by atoms with E-state index < -0.39 is 0 Å². The average Bonchev–Trinajstić information content (AvgIpc) is 2.55. The first-order valence-corrected chi connectivity index (χ1v) is 7.24. The van der Waals surface area contributed by atoms with Gasteiger partial charge in [-0.1, -0.05) is 0 Å². The molecule has 0 bridgehead atoms. The van der Waals surface area contributed by atoms with Crippen LogP contribution in [0.3, 0.4) is 0 Å². The molecule has 1 N–H and O–H groups in total. The topological polar surface area (TPSA) is 60.5 Å². The fourth-order valence-electron chi connectivity index (χ4n) is 1.74. The van der Waals surface area contributed by atoms with E-state index in [-0.39, 0.29) is 5.91 Å². The SMILES string of the molecule is COc1ccc(/C=C/C(=O)Nc2ccc(Br)cn2)c(OC)c1. The smallest absolute Gasteiger partial charge is 0.249 e. The molecule has 0 radical (unpaired) electrons. The van der Waals surface area contributed by atoms with Crippen LogP contribution >= 0.6 is 15.9 Å². The molecule has 1 heterocycles. The minimum Gasteiger partial charge on any atom is -0.497 e. The number of amides is 1. The number of hydrogen-bond donors (Lipinski definition) is 1. The van der Waals surface area contributed by atoms with Crippen molar-refractivity contribution in [1.29, 1.82) is 0 Å². The number of ether oxygens (including phenoxy) is 2. The average molecular weight is 363 g/mol. The van der Waals surface area contributed by atoms with E-state index in [1.54, 1.807) is 50.8 Å². The number of benzene rings is 1. The summed E-state index contributed by atoms with van der Waals surface area (Å²) in [6, 6.07) is 8.90. The summed E-state index contributed by atoms with van der Waals surface area (Å²) in [5.41, 5.74) is 0.780. The minimum absolute atomic E-state index is 0.271. The number of pyridine rings is 1. The lowest BCUT2D eigenvalue weighted by molar-refractivity contribution is -0.111. The van der Waals surface area contributed by atoms with Crippen molar-refractivity contribution in [1.82, 2.24) is 4.98 Å². The van der Waals surface area contributed by atoms with Crippen LogP contribution in [0.5, 0.6) is 11.5 Å². The number of aromatic nitrogens is 1. The van der Waals surface area contributed by atoms with Crippen molar-refractivity contribution in [2.24, 2.45) is 0 Å². The minimum atomic E-state index is -0.271. The van der Waals surface area contributed by atoms with Crippen LogP contribution in [0.2, 0.25) is 0 Å². The third kappa shape index (κ3) is 4.33. The molecule has 0 spiro atoms. The highest BCUT2D eigenvalue weighted by molar-refractivity contribution is 9.10. The van der Waals surface area contributed by atoms with Crippen molar-refractivity contribution in [2.45, 2.75) is 0 Å². The molecule has 0 aliphatic carbocycles. The van der Waals surface area contributed by atoms with Gasteiger partial charge in [0.2, 0.25) is 5.91 Å². The quantitative estimate of drug-likeness (QED) is 0.826. The predicted molar refractivity (Wildman–Crippen MR) is 89.1 cm³/mol. The van der Waals surface area contributed by atoms with Gasteiger partial charge < -0.3 is 14.8 Å². The zero-order chi connectivity index (χ0) is 15.9. The second kappa shape index (κ2) is 7.61. The summed E-state index contributed by atoms with van der Waals surface area (Å²) in [5.74, 6) is 1.54. The fourth-order valence-corrected chi connectivity index (χ4v) is 1.97. The molecule has 0 fully saturated rings. The molecule has 0 atom stereocenters. The van der Waals surface area contributed by atoms with Gasteiger partial charge in [-0.3, -0.25) is 4.79 Å². The van der Waals surface area contributed by atoms with E-state index in [0.717, 1.165) is 10.0 Å². The highest BCUT2D eigenvalue weighted by atomic mass is 79.9. The first kappa shape index (κ1) is 16.0. The third-order valence-electron chi connectivity index (χ3n) is 2.83. The molecule has 114 valence electrons. The van der Waals surface area contributed by atoms with Crippen molar-refractivity contribution in [3.05, 3.63) is 52.6 Å². The summed E-state index contributed by atoms with van der Waals surface area (Å²) in [6.07, 6.45) is 4.71. The van der Waals surface area contributed by atoms with Crippen LogP contribution in [0, 0.1) is 0 Å². The largest absolute Gasteiger partial charge is 0.497 e. The molecule has 6 heteroatoms. The van der Waals surface area contributed by atoms with Crippen LogP contribution in [0.25, 0.3) is 6.08 Å². The van der Waals surface area contributed by atoms with E-state index in [4.69, 9.17) is 9.47 Å². The molecule has 2 rings (SSSR count). The number of anilines is 1. The van der Waals surface area contributed by atoms with Crippen LogP contribution < -0.4 is 14.8 Å². The second-order valence-electron chi connectivity index (χ2n) is 4.29. The molecule has 0 saturated carbocycles. The number of carbonyl (C=O) groups is 1. The monoisotopic (exact) mass is 362 g/mol. The maximum absolute atomic E-state index is 11.9.